The van der Waals surface area contributed by atoms with Crippen LogP contribution in [0.2, 0.25) is 0 Å². The Kier molecular flexibility index (Phi) is 4.55. The molecule has 0 radical (unpaired) electrons. The van der Waals surface area contributed by atoms with Crippen LogP contribution >= 0.6 is 11.6 Å². The van der Waals surface area contributed by atoms with Gasteiger partial charge < -0.3 is 4.74 Å². The molecule has 0 N–H and O–H groups in total. The zero-order valence-electron chi connectivity index (χ0n) is 12.4. The average Bonchev–Trinajstić information content (AvgIpc) is 2.62. The lowest BCUT2D eigenvalue weighted by molar-refractivity contribution is 0.254. The summed E-state index contributed by atoms with van der Waals surface area (Å²) in [5.74, 6) is 1.88. The molecule has 1 aliphatic carbocycles. The van der Waals surface area contributed by atoms with Crippen molar-refractivity contribution in [3.63, 3.8) is 0 Å². The lowest BCUT2D eigenvalue weighted by Crippen LogP contribution is -2.05. The number of fused-ring (bicyclic) bond motifs is 1. The van der Waals surface area contributed by atoms with Gasteiger partial charge in [-0.2, -0.15) is 0 Å². The zero-order chi connectivity index (χ0) is 13.9. The number of benzene rings is 1. The second-order valence-electron chi connectivity index (χ2n) is 6.56. The quantitative estimate of drug-likeness (QED) is 0.516. The van der Waals surface area contributed by atoms with Crippen LogP contribution in [0.25, 0.3) is 0 Å². The van der Waals surface area contributed by atoms with Gasteiger partial charge in [0.1, 0.15) is 11.9 Å². The Morgan fingerprint density at radius 3 is 2.70 bits per heavy atom. The first kappa shape index (κ1) is 14.3. The van der Waals surface area contributed by atoms with Gasteiger partial charge in [-0.05, 0) is 36.5 Å². The van der Waals surface area contributed by atoms with Crippen LogP contribution in [-0.4, -0.2) is 6.10 Å². The van der Waals surface area contributed by atoms with Crippen LogP contribution in [0.1, 0.15) is 68.4 Å². The highest BCUT2D eigenvalue weighted by molar-refractivity contribution is 6.20. The fourth-order valence-electron chi connectivity index (χ4n) is 3.67. The summed E-state index contributed by atoms with van der Waals surface area (Å²) >= 11 is 6.69. The van der Waals surface area contributed by atoms with Gasteiger partial charge in [-0.25, -0.2) is 0 Å². The van der Waals surface area contributed by atoms with Crippen LogP contribution < -0.4 is 4.74 Å². The third kappa shape index (κ3) is 3.31. The third-order valence-electron chi connectivity index (χ3n) is 4.80. The molecule has 1 nitrogen and oxygen atoms in total. The standard InChI is InChI=1S/C18H25ClO/c1-13-10-16-12-15(8-9-18(16)20-13)17(19)11-14-6-4-2-3-5-7-14/h8-9,12-14,17H,2-7,10-11H2,1H3. The zero-order valence-corrected chi connectivity index (χ0v) is 13.2. The second kappa shape index (κ2) is 6.39. The number of ether oxygens (including phenoxy) is 1. The van der Waals surface area contributed by atoms with Gasteiger partial charge in [0, 0.05) is 6.42 Å². The number of rotatable bonds is 3. The molecule has 1 aromatic carbocycles. The fourth-order valence-corrected chi connectivity index (χ4v) is 4.05. The summed E-state index contributed by atoms with van der Waals surface area (Å²) in [4.78, 5) is 0. The topological polar surface area (TPSA) is 9.23 Å². The highest BCUT2D eigenvalue weighted by atomic mass is 35.5. The highest BCUT2D eigenvalue weighted by Crippen LogP contribution is 2.37. The SMILES string of the molecule is CC1Cc2cc(C(Cl)CC3CCCCCC3)ccc2O1. The lowest BCUT2D eigenvalue weighted by Gasteiger charge is -2.18. The molecular weight excluding hydrogens is 268 g/mol. The van der Waals surface area contributed by atoms with Crippen LogP contribution in [0.15, 0.2) is 18.2 Å². The van der Waals surface area contributed by atoms with E-state index in [1.807, 2.05) is 0 Å². The first-order chi connectivity index (χ1) is 9.72. The monoisotopic (exact) mass is 292 g/mol. The van der Waals surface area contributed by atoms with E-state index in [2.05, 4.69) is 25.1 Å². The van der Waals surface area contributed by atoms with Gasteiger partial charge in [-0.3, -0.25) is 0 Å². The predicted octanol–water partition coefficient (Wildman–Crippen LogP) is 5.65. The van der Waals surface area contributed by atoms with Crippen LogP contribution in [0, 0.1) is 5.92 Å². The second-order valence-corrected chi connectivity index (χ2v) is 7.09. The Morgan fingerprint density at radius 1 is 1.20 bits per heavy atom. The first-order valence-corrected chi connectivity index (χ1v) is 8.59. The molecule has 2 atom stereocenters. The van der Waals surface area contributed by atoms with Crippen molar-refractivity contribution in [1.29, 1.82) is 0 Å². The Balaban J connectivity index is 1.65. The highest BCUT2D eigenvalue weighted by Gasteiger charge is 2.22. The van der Waals surface area contributed by atoms with Crippen molar-refractivity contribution in [2.45, 2.75) is 69.8 Å². The molecule has 3 rings (SSSR count). The Morgan fingerprint density at radius 2 is 1.95 bits per heavy atom. The molecule has 0 aromatic heterocycles. The van der Waals surface area contributed by atoms with Crippen molar-refractivity contribution < 1.29 is 4.74 Å². The number of halogens is 1. The summed E-state index contributed by atoms with van der Waals surface area (Å²) in [5, 5.41) is 0.166. The molecule has 110 valence electrons. The Bertz CT molecular complexity index is 449. The molecule has 0 spiro atoms. The molecule has 1 heterocycles. The third-order valence-corrected chi connectivity index (χ3v) is 5.23. The maximum atomic E-state index is 6.69. The van der Waals surface area contributed by atoms with Crippen molar-refractivity contribution >= 4 is 11.6 Å². The minimum atomic E-state index is 0.166. The predicted molar refractivity (Wildman–Crippen MR) is 84.6 cm³/mol. The molecule has 2 aliphatic rings. The van der Waals surface area contributed by atoms with Crippen molar-refractivity contribution in [1.82, 2.24) is 0 Å². The Hall–Kier alpha value is -0.690. The van der Waals surface area contributed by atoms with E-state index in [-0.39, 0.29) is 5.38 Å². The minimum absolute atomic E-state index is 0.166. The molecule has 1 aliphatic heterocycles. The summed E-state index contributed by atoms with van der Waals surface area (Å²) in [7, 11) is 0. The van der Waals surface area contributed by atoms with Crippen LogP contribution in [0.4, 0.5) is 0 Å². The van der Waals surface area contributed by atoms with E-state index in [9.17, 15) is 0 Å². The molecule has 1 saturated carbocycles. The summed E-state index contributed by atoms with van der Waals surface area (Å²) in [6.45, 7) is 2.13. The molecule has 0 amide bonds. The average molecular weight is 293 g/mol. The van der Waals surface area contributed by atoms with Crippen LogP contribution in [-0.2, 0) is 6.42 Å². The van der Waals surface area contributed by atoms with E-state index >= 15 is 0 Å². The van der Waals surface area contributed by atoms with E-state index in [0.29, 0.717) is 6.10 Å². The van der Waals surface area contributed by atoms with Crippen molar-refractivity contribution in [3.8, 4) is 5.75 Å². The van der Waals surface area contributed by atoms with Crippen molar-refractivity contribution in [3.05, 3.63) is 29.3 Å². The molecule has 1 fully saturated rings. The molecule has 1 aromatic rings. The van der Waals surface area contributed by atoms with Gasteiger partial charge in [-0.1, -0.05) is 50.7 Å². The Labute approximate surface area is 127 Å². The van der Waals surface area contributed by atoms with E-state index in [1.165, 1.54) is 49.7 Å². The summed E-state index contributed by atoms with van der Waals surface area (Å²) in [5.41, 5.74) is 2.62. The van der Waals surface area contributed by atoms with Gasteiger partial charge in [0.25, 0.3) is 0 Å². The largest absolute Gasteiger partial charge is 0.490 e. The normalized spacial score (nSPS) is 24.8. The summed E-state index contributed by atoms with van der Waals surface area (Å²) in [6.07, 6.45) is 10.8. The van der Waals surface area contributed by atoms with Gasteiger partial charge in [0.05, 0.1) is 5.38 Å². The summed E-state index contributed by atoms with van der Waals surface area (Å²) < 4.78 is 5.76. The molecule has 20 heavy (non-hydrogen) atoms. The number of alkyl halides is 1. The molecule has 0 bridgehead atoms. The lowest BCUT2D eigenvalue weighted by atomic mass is 9.92. The van der Waals surface area contributed by atoms with Crippen LogP contribution in [0.3, 0.4) is 0 Å². The molecule has 0 saturated heterocycles. The van der Waals surface area contributed by atoms with E-state index in [1.54, 1.807) is 0 Å². The van der Waals surface area contributed by atoms with E-state index in [4.69, 9.17) is 16.3 Å². The minimum Gasteiger partial charge on any atom is -0.490 e. The van der Waals surface area contributed by atoms with Gasteiger partial charge in [-0.15, -0.1) is 11.6 Å². The smallest absolute Gasteiger partial charge is 0.123 e. The van der Waals surface area contributed by atoms with Crippen LogP contribution in [0.5, 0.6) is 5.75 Å². The maximum Gasteiger partial charge on any atom is 0.123 e. The molecule has 2 heteroatoms. The molecule has 2 unspecified atom stereocenters. The van der Waals surface area contributed by atoms with Crippen molar-refractivity contribution in [2.24, 2.45) is 5.92 Å². The molecular formula is C18H25ClO. The van der Waals surface area contributed by atoms with Gasteiger partial charge >= 0.3 is 0 Å². The van der Waals surface area contributed by atoms with Crippen molar-refractivity contribution in [2.75, 3.05) is 0 Å². The van der Waals surface area contributed by atoms with Gasteiger partial charge in [0.2, 0.25) is 0 Å². The maximum absolute atomic E-state index is 6.69. The number of hydrogen-bond acceptors (Lipinski definition) is 1. The van der Waals surface area contributed by atoms with E-state index in [0.717, 1.165) is 24.5 Å². The van der Waals surface area contributed by atoms with E-state index < -0.39 is 0 Å². The fraction of sp³-hybridized carbons (Fsp3) is 0.667. The number of hydrogen-bond donors (Lipinski definition) is 0. The summed E-state index contributed by atoms with van der Waals surface area (Å²) in [6, 6.07) is 6.54. The van der Waals surface area contributed by atoms with Gasteiger partial charge in [0.15, 0.2) is 0 Å². The first-order valence-electron chi connectivity index (χ1n) is 8.16.